The summed E-state index contributed by atoms with van der Waals surface area (Å²) in [5.74, 6) is 0.0895. The van der Waals surface area contributed by atoms with Gasteiger partial charge in [-0.25, -0.2) is 0 Å². The maximum atomic E-state index is 12.5. The topological polar surface area (TPSA) is 54.3 Å². The number of aryl methyl sites for hydroxylation is 1. The molecule has 0 aliphatic carbocycles. The highest BCUT2D eigenvalue weighted by Gasteiger charge is 2.24. The Bertz CT molecular complexity index is 644. The molecule has 0 atom stereocenters. The quantitative estimate of drug-likeness (QED) is 0.851. The minimum Gasteiger partial charge on any atom is -0.336 e. The molecule has 3 heterocycles. The van der Waals surface area contributed by atoms with Crippen molar-refractivity contribution >= 4 is 5.91 Å². The molecular formula is C16H21N5O. The third-order valence-electron chi connectivity index (χ3n) is 4.25. The fraction of sp³-hybridized carbons (Fsp3) is 0.438. The van der Waals surface area contributed by atoms with Crippen LogP contribution in [0.3, 0.4) is 0 Å². The highest BCUT2D eigenvalue weighted by molar-refractivity contribution is 5.95. The van der Waals surface area contributed by atoms with Crippen molar-refractivity contribution in [3.63, 3.8) is 0 Å². The molecule has 1 amide bonds. The molecule has 0 N–H and O–H groups in total. The molecule has 0 unspecified atom stereocenters. The Labute approximate surface area is 130 Å². The lowest BCUT2D eigenvalue weighted by molar-refractivity contribution is 0.0627. The third kappa shape index (κ3) is 3.01. The Morgan fingerprint density at radius 2 is 2.00 bits per heavy atom. The van der Waals surface area contributed by atoms with Gasteiger partial charge in [0.25, 0.3) is 5.91 Å². The van der Waals surface area contributed by atoms with Crippen molar-refractivity contribution in [2.45, 2.75) is 13.5 Å². The molecule has 0 radical (unpaired) electrons. The van der Waals surface area contributed by atoms with Crippen LogP contribution in [0.5, 0.6) is 0 Å². The minimum atomic E-state index is 0.0895. The number of carbonyl (C=O) groups excluding carboxylic acids is 1. The average Bonchev–Trinajstić information content (AvgIpc) is 2.88. The normalized spacial score (nSPS) is 16.0. The molecule has 0 aromatic carbocycles. The molecule has 2 aromatic heterocycles. The van der Waals surface area contributed by atoms with Crippen LogP contribution in [0.2, 0.25) is 0 Å². The molecule has 1 aliphatic heterocycles. The summed E-state index contributed by atoms with van der Waals surface area (Å²) < 4.78 is 1.74. The molecular weight excluding hydrogens is 278 g/mol. The Kier molecular flexibility index (Phi) is 4.20. The van der Waals surface area contributed by atoms with Crippen molar-refractivity contribution < 1.29 is 4.79 Å². The van der Waals surface area contributed by atoms with E-state index in [1.54, 1.807) is 17.1 Å². The lowest BCUT2D eigenvalue weighted by Crippen LogP contribution is -2.48. The van der Waals surface area contributed by atoms with Gasteiger partial charge >= 0.3 is 0 Å². The minimum absolute atomic E-state index is 0.0895. The molecule has 2 aromatic rings. The molecule has 1 aliphatic rings. The lowest BCUT2D eigenvalue weighted by atomic mass is 10.2. The van der Waals surface area contributed by atoms with Gasteiger partial charge < -0.3 is 4.90 Å². The van der Waals surface area contributed by atoms with Gasteiger partial charge in [0.2, 0.25) is 0 Å². The Morgan fingerprint density at radius 1 is 1.23 bits per heavy atom. The lowest BCUT2D eigenvalue weighted by Gasteiger charge is -2.34. The van der Waals surface area contributed by atoms with Crippen molar-refractivity contribution in [1.82, 2.24) is 24.6 Å². The first-order chi connectivity index (χ1) is 10.6. The van der Waals surface area contributed by atoms with Crippen LogP contribution in [-0.4, -0.2) is 56.7 Å². The maximum absolute atomic E-state index is 12.5. The summed E-state index contributed by atoms with van der Waals surface area (Å²) >= 11 is 0. The number of hydrogen-bond donors (Lipinski definition) is 0. The summed E-state index contributed by atoms with van der Waals surface area (Å²) in [4.78, 5) is 21.0. The highest BCUT2D eigenvalue weighted by atomic mass is 16.2. The van der Waals surface area contributed by atoms with Gasteiger partial charge in [0, 0.05) is 57.9 Å². The fourth-order valence-corrected chi connectivity index (χ4v) is 2.74. The largest absolute Gasteiger partial charge is 0.336 e. The number of amides is 1. The van der Waals surface area contributed by atoms with Crippen molar-refractivity contribution in [2.75, 3.05) is 26.2 Å². The standard InChI is InChI=1S/C16H21N5O/c1-13-15(11-18-19(13)2)16(22)21-8-6-20(7-9-21)12-14-4-3-5-17-10-14/h3-5,10-11H,6-9,12H2,1-2H3. The zero-order valence-corrected chi connectivity index (χ0v) is 13.1. The summed E-state index contributed by atoms with van der Waals surface area (Å²) in [5.41, 5.74) is 2.84. The van der Waals surface area contributed by atoms with Gasteiger partial charge in [0.05, 0.1) is 11.8 Å². The molecule has 1 fully saturated rings. The van der Waals surface area contributed by atoms with Crippen molar-refractivity contribution in [3.05, 3.63) is 47.5 Å². The monoisotopic (exact) mass is 299 g/mol. The summed E-state index contributed by atoms with van der Waals surface area (Å²) in [7, 11) is 1.86. The second kappa shape index (κ2) is 6.27. The second-order valence-corrected chi connectivity index (χ2v) is 5.70. The maximum Gasteiger partial charge on any atom is 0.257 e. The first-order valence-electron chi connectivity index (χ1n) is 7.54. The van der Waals surface area contributed by atoms with E-state index in [1.165, 1.54) is 5.56 Å². The van der Waals surface area contributed by atoms with E-state index in [9.17, 15) is 4.79 Å². The summed E-state index contributed by atoms with van der Waals surface area (Å²) in [5, 5.41) is 4.15. The number of carbonyl (C=O) groups is 1. The molecule has 1 saturated heterocycles. The van der Waals surface area contributed by atoms with Crippen LogP contribution in [0.4, 0.5) is 0 Å². The van der Waals surface area contributed by atoms with Gasteiger partial charge in [-0.2, -0.15) is 5.10 Å². The molecule has 0 bridgehead atoms. The Morgan fingerprint density at radius 3 is 2.59 bits per heavy atom. The van der Waals surface area contributed by atoms with Gasteiger partial charge in [0.1, 0.15) is 0 Å². The van der Waals surface area contributed by atoms with E-state index in [0.717, 1.165) is 38.4 Å². The Balaban J connectivity index is 1.57. The van der Waals surface area contributed by atoms with E-state index in [2.05, 4.69) is 21.0 Å². The first-order valence-corrected chi connectivity index (χ1v) is 7.54. The van der Waals surface area contributed by atoms with E-state index < -0.39 is 0 Å². The van der Waals surface area contributed by atoms with Gasteiger partial charge in [-0.1, -0.05) is 6.07 Å². The SMILES string of the molecule is Cc1c(C(=O)N2CCN(Cc3cccnc3)CC2)cnn1C. The second-order valence-electron chi connectivity index (χ2n) is 5.70. The van der Waals surface area contributed by atoms with Crippen LogP contribution < -0.4 is 0 Å². The number of aromatic nitrogens is 3. The molecule has 3 rings (SSSR count). The summed E-state index contributed by atoms with van der Waals surface area (Å²) in [6, 6.07) is 4.05. The molecule has 116 valence electrons. The molecule has 22 heavy (non-hydrogen) atoms. The Hall–Kier alpha value is -2.21. The number of piperazine rings is 1. The zero-order chi connectivity index (χ0) is 15.5. The fourth-order valence-electron chi connectivity index (χ4n) is 2.74. The van der Waals surface area contributed by atoms with Crippen molar-refractivity contribution in [3.8, 4) is 0 Å². The summed E-state index contributed by atoms with van der Waals surface area (Å²) in [6.07, 6.45) is 5.35. The van der Waals surface area contributed by atoms with Crippen LogP contribution in [0, 0.1) is 6.92 Å². The molecule has 0 saturated carbocycles. The molecule has 6 nitrogen and oxygen atoms in total. The van der Waals surface area contributed by atoms with Crippen LogP contribution in [0.1, 0.15) is 21.6 Å². The first kappa shape index (κ1) is 14.7. The summed E-state index contributed by atoms with van der Waals surface area (Å²) in [6.45, 7) is 6.11. The molecule has 6 heteroatoms. The van der Waals surface area contributed by atoms with Crippen molar-refractivity contribution in [1.29, 1.82) is 0 Å². The van der Waals surface area contributed by atoms with E-state index in [-0.39, 0.29) is 5.91 Å². The predicted octanol–water partition coefficient (Wildman–Crippen LogP) is 1.08. The van der Waals surface area contributed by atoms with Crippen molar-refractivity contribution in [2.24, 2.45) is 7.05 Å². The number of hydrogen-bond acceptors (Lipinski definition) is 4. The van der Waals surface area contributed by atoms with Crippen LogP contribution >= 0.6 is 0 Å². The van der Waals surface area contributed by atoms with Gasteiger partial charge in [-0.3, -0.25) is 19.4 Å². The average molecular weight is 299 g/mol. The van der Waals surface area contributed by atoms with E-state index in [1.807, 2.05) is 31.1 Å². The smallest absolute Gasteiger partial charge is 0.257 e. The predicted molar refractivity (Wildman–Crippen MR) is 83.4 cm³/mol. The zero-order valence-electron chi connectivity index (χ0n) is 13.1. The van der Waals surface area contributed by atoms with Gasteiger partial charge in [-0.05, 0) is 18.6 Å². The number of nitrogens with zero attached hydrogens (tertiary/aromatic N) is 5. The van der Waals surface area contributed by atoms with Gasteiger partial charge in [-0.15, -0.1) is 0 Å². The van der Waals surface area contributed by atoms with E-state index in [4.69, 9.17) is 0 Å². The van der Waals surface area contributed by atoms with Crippen LogP contribution in [0.25, 0.3) is 0 Å². The number of rotatable bonds is 3. The number of pyridine rings is 1. The van der Waals surface area contributed by atoms with Crippen LogP contribution in [-0.2, 0) is 13.6 Å². The van der Waals surface area contributed by atoms with Gasteiger partial charge in [0.15, 0.2) is 0 Å². The van der Waals surface area contributed by atoms with Crippen LogP contribution in [0.15, 0.2) is 30.7 Å². The molecule has 0 spiro atoms. The highest BCUT2D eigenvalue weighted by Crippen LogP contribution is 2.13. The third-order valence-corrected chi connectivity index (χ3v) is 4.25. The van der Waals surface area contributed by atoms with E-state index >= 15 is 0 Å². The van der Waals surface area contributed by atoms with E-state index in [0.29, 0.717) is 5.56 Å².